The number of carboxylic acid groups (broad SMARTS) is 1. The van der Waals surface area contributed by atoms with Crippen molar-refractivity contribution in [2.75, 3.05) is 6.61 Å². The van der Waals surface area contributed by atoms with Crippen LogP contribution >= 0.6 is 11.6 Å². The Kier molecular flexibility index (Phi) is 3.36. The van der Waals surface area contributed by atoms with Crippen molar-refractivity contribution in [3.8, 4) is 17.1 Å². The zero-order chi connectivity index (χ0) is 14.1. The topological polar surface area (TPSA) is 72.6 Å². The van der Waals surface area contributed by atoms with Crippen LogP contribution in [-0.2, 0) is 0 Å². The van der Waals surface area contributed by atoms with E-state index in [9.17, 15) is 4.79 Å². The molecule has 2 aromatic rings. The lowest BCUT2D eigenvalue weighted by Gasteiger charge is -2.08. The lowest BCUT2D eigenvalue weighted by Crippen LogP contribution is -1.99. The molecular formula is C14H12ClNO4. The molecule has 1 aromatic carbocycles. The Labute approximate surface area is 120 Å². The molecule has 1 fully saturated rings. The first-order chi connectivity index (χ1) is 9.63. The second-order valence-corrected chi connectivity index (χ2v) is 5.19. The van der Waals surface area contributed by atoms with Crippen molar-refractivity contribution >= 4 is 17.6 Å². The molecule has 0 spiro atoms. The molecule has 1 aliphatic carbocycles. The van der Waals surface area contributed by atoms with Crippen molar-refractivity contribution in [2.24, 2.45) is 5.92 Å². The fraction of sp³-hybridized carbons (Fsp3) is 0.286. The fourth-order valence-corrected chi connectivity index (χ4v) is 1.94. The van der Waals surface area contributed by atoms with Crippen molar-refractivity contribution in [1.82, 2.24) is 5.16 Å². The van der Waals surface area contributed by atoms with E-state index in [2.05, 4.69) is 5.16 Å². The maximum Gasteiger partial charge on any atom is 0.358 e. The van der Waals surface area contributed by atoms with Crippen LogP contribution in [0.5, 0.6) is 5.75 Å². The van der Waals surface area contributed by atoms with Gasteiger partial charge in [0, 0.05) is 11.6 Å². The third-order valence-corrected chi connectivity index (χ3v) is 3.43. The van der Waals surface area contributed by atoms with Gasteiger partial charge in [0.2, 0.25) is 0 Å². The number of rotatable bonds is 5. The van der Waals surface area contributed by atoms with Crippen LogP contribution in [0.4, 0.5) is 0 Å². The summed E-state index contributed by atoms with van der Waals surface area (Å²) in [4.78, 5) is 10.8. The molecule has 0 bridgehead atoms. The van der Waals surface area contributed by atoms with Gasteiger partial charge in [-0.15, -0.1) is 0 Å². The molecule has 0 unspecified atom stereocenters. The molecule has 0 atom stereocenters. The van der Waals surface area contributed by atoms with E-state index in [1.807, 2.05) is 0 Å². The molecule has 0 amide bonds. The standard InChI is InChI=1S/C14H12ClNO4/c15-10-4-3-9(5-13(10)19-7-8-1-2-8)12-6-11(14(17)18)16-20-12/h3-6,8H,1-2,7H2,(H,17,18). The van der Waals surface area contributed by atoms with E-state index in [1.54, 1.807) is 18.2 Å². The van der Waals surface area contributed by atoms with Gasteiger partial charge in [0.1, 0.15) is 5.75 Å². The molecule has 1 heterocycles. The first-order valence-corrected chi connectivity index (χ1v) is 6.64. The van der Waals surface area contributed by atoms with Crippen molar-refractivity contribution in [2.45, 2.75) is 12.8 Å². The minimum absolute atomic E-state index is 0.129. The van der Waals surface area contributed by atoms with Crippen LogP contribution in [0.1, 0.15) is 23.3 Å². The zero-order valence-electron chi connectivity index (χ0n) is 10.5. The molecule has 5 nitrogen and oxygen atoms in total. The van der Waals surface area contributed by atoms with Gasteiger partial charge in [-0.25, -0.2) is 4.79 Å². The number of nitrogens with zero attached hydrogens (tertiary/aromatic N) is 1. The molecule has 3 rings (SSSR count). The minimum atomic E-state index is -1.13. The number of carboxylic acids is 1. The van der Waals surface area contributed by atoms with Crippen molar-refractivity contribution in [3.63, 3.8) is 0 Å². The Morgan fingerprint density at radius 1 is 1.45 bits per heavy atom. The quantitative estimate of drug-likeness (QED) is 0.913. The molecule has 1 N–H and O–H groups in total. The van der Waals surface area contributed by atoms with Gasteiger partial charge < -0.3 is 14.4 Å². The normalized spacial score (nSPS) is 14.2. The van der Waals surface area contributed by atoms with E-state index in [0.717, 1.165) is 0 Å². The Morgan fingerprint density at radius 3 is 2.90 bits per heavy atom. The van der Waals surface area contributed by atoms with Crippen LogP contribution in [0.2, 0.25) is 5.02 Å². The number of carbonyl (C=O) groups is 1. The summed E-state index contributed by atoms with van der Waals surface area (Å²) in [5.74, 6) is 0.442. The SMILES string of the molecule is O=C(O)c1cc(-c2ccc(Cl)c(OCC3CC3)c2)on1. The molecule has 1 aliphatic rings. The van der Waals surface area contributed by atoms with Gasteiger partial charge in [0.15, 0.2) is 11.5 Å². The number of hydrogen-bond acceptors (Lipinski definition) is 4. The van der Waals surface area contributed by atoms with E-state index in [-0.39, 0.29) is 5.69 Å². The molecule has 104 valence electrons. The molecule has 1 saturated carbocycles. The molecule has 0 radical (unpaired) electrons. The summed E-state index contributed by atoms with van der Waals surface area (Å²) in [7, 11) is 0. The Hall–Kier alpha value is -2.01. The highest BCUT2D eigenvalue weighted by Gasteiger charge is 2.22. The van der Waals surface area contributed by atoms with Crippen molar-refractivity contribution < 1.29 is 19.2 Å². The fourth-order valence-electron chi connectivity index (χ4n) is 1.77. The summed E-state index contributed by atoms with van der Waals surface area (Å²) in [6, 6.07) is 6.54. The first-order valence-electron chi connectivity index (χ1n) is 6.26. The summed E-state index contributed by atoms with van der Waals surface area (Å²) in [6.07, 6.45) is 2.39. The summed E-state index contributed by atoms with van der Waals surface area (Å²) < 4.78 is 10.7. The van der Waals surface area contributed by atoms with Crippen LogP contribution in [0.15, 0.2) is 28.8 Å². The van der Waals surface area contributed by atoms with Gasteiger partial charge >= 0.3 is 5.97 Å². The van der Waals surface area contributed by atoms with E-state index in [0.29, 0.717) is 34.6 Å². The Balaban J connectivity index is 1.84. The second kappa shape index (κ2) is 5.17. The van der Waals surface area contributed by atoms with E-state index >= 15 is 0 Å². The van der Waals surface area contributed by atoms with Crippen LogP contribution < -0.4 is 4.74 Å². The van der Waals surface area contributed by atoms with Gasteiger partial charge in [-0.05, 0) is 37.0 Å². The summed E-state index contributed by atoms with van der Waals surface area (Å²) in [5.41, 5.74) is 0.551. The number of benzene rings is 1. The molecule has 0 saturated heterocycles. The molecule has 20 heavy (non-hydrogen) atoms. The average Bonchev–Trinajstić information content (AvgIpc) is 3.12. The highest BCUT2D eigenvalue weighted by Crippen LogP contribution is 2.34. The summed E-state index contributed by atoms with van der Waals surface area (Å²) in [5, 5.41) is 12.8. The Morgan fingerprint density at radius 2 is 2.25 bits per heavy atom. The third-order valence-electron chi connectivity index (χ3n) is 3.12. The predicted molar refractivity (Wildman–Crippen MR) is 72.1 cm³/mol. The van der Waals surface area contributed by atoms with Crippen LogP contribution in [0.25, 0.3) is 11.3 Å². The van der Waals surface area contributed by atoms with Crippen LogP contribution in [0.3, 0.4) is 0 Å². The minimum Gasteiger partial charge on any atom is -0.492 e. The largest absolute Gasteiger partial charge is 0.492 e. The van der Waals surface area contributed by atoms with E-state index in [1.165, 1.54) is 18.9 Å². The van der Waals surface area contributed by atoms with Gasteiger partial charge in [-0.3, -0.25) is 0 Å². The maximum atomic E-state index is 10.8. The summed E-state index contributed by atoms with van der Waals surface area (Å²) >= 11 is 6.08. The van der Waals surface area contributed by atoms with Gasteiger partial charge in [-0.1, -0.05) is 16.8 Å². The van der Waals surface area contributed by atoms with E-state index < -0.39 is 5.97 Å². The Bertz CT molecular complexity index is 648. The molecule has 1 aromatic heterocycles. The average molecular weight is 294 g/mol. The number of ether oxygens (including phenoxy) is 1. The maximum absolute atomic E-state index is 10.8. The van der Waals surface area contributed by atoms with Gasteiger partial charge in [0.25, 0.3) is 0 Å². The molecule has 0 aliphatic heterocycles. The lowest BCUT2D eigenvalue weighted by atomic mass is 10.1. The lowest BCUT2D eigenvalue weighted by molar-refractivity contribution is 0.0686. The van der Waals surface area contributed by atoms with Crippen molar-refractivity contribution in [3.05, 3.63) is 35.0 Å². The molecule has 6 heteroatoms. The number of hydrogen-bond donors (Lipinski definition) is 1. The predicted octanol–water partition coefficient (Wildman–Crippen LogP) is 3.48. The number of aromatic nitrogens is 1. The van der Waals surface area contributed by atoms with Crippen molar-refractivity contribution in [1.29, 1.82) is 0 Å². The highest BCUT2D eigenvalue weighted by molar-refractivity contribution is 6.32. The van der Waals surface area contributed by atoms with Gasteiger partial charge in [0.05, 0.1) is 11.6 Å². The number of halogens is 1. The highest BCUT2D eigenvalue weighted by atomic mass is 35.5. The second-order valence-electron chi connectivity index (χ2n) is 4.78. The first kappa shape index (κ1) is 13.0. The van der Waals surface area contributed by atoms with Crippen LogP contribution in [0, 0.1) is 5.92 Å². The van der Waals surface area contributed by atoms with Gasteiger partial charge in [-0.2, -0.15) is 0 Å². The smallest absolute Gasteiger partial charge is 0.358 e. The molecular weight excluding hydrogens is 282 g/mol. The zero-order valence-corrected chi connectivity index (χ0v) is 11.3. The monoisotopic (exact) mass is 293 g/mol. The van der Waals surface area contributed by atoms with E-state index in [4.69, 9.17) is 26.0 Å². The number of aromatic carboxylic acids is 1. The third kappa shape index (κ3) is 2.77. The van der Waals surface area contributed by atoms with Crippen LogP contribution in [-0.4, -0.2) is 22.8 Å². The summed E-state index contributed by atoms with van der Waals surface area (Å²) in [6.45, 7) is 0.653.